The molecule has 0 aliphatic rings. The van der Waals surface area contributed by atoms with Crippen molar-refractivity contribution in [3.8, 4) is 0 Å². The molecule has 0 fully saturated rings. The summed E-state index contributed by atoms with van der Waals surface area (Å²) in [7, 11) is 0. The number of carboxylic acids is 1. The zero-order valence-electron chi connectivity index (χ0n) is 8.22. The fraction of sp³-hybridized carbons (Fsp3) is 0.273. The Morgan fingerprint density at radius 1 is 1.27 bits per heavy atom. The molecule has 80 valence electrons. The molecule has 0 aromatic heterocycles. The molecule has 1 aromatic carbocycles. The van der Waals surface area contributed by atoms with Gasteiger partial charge in [-0.25, -0.2) is 0 Å². The molecule has 0 amide bonds. The Balaban J connectivity index is 2.66. The highest BCUT2D eigenvalue weighted by molar-refractivity contribution is 5.99. The van der Waals surface area contributed by atoms with Crippen molar-refractivity contribution in [3.63, 3.8) is 0 Å². The molecule has 1 aromatic rings. The largest absolute Gasteiger partial charge is 0.481 e. The minimum atomic E-state index is -1.15. The van der Waals surface area contributed by atoms with Crippen LogP contribution in [0.1, 0.15) is 5.56 Å². The van der Waals surface area contributed by atoms with Crippen LogP contribution in [0.15, 0.2) is 30.3 Å². The van der Waals surface area contributed by atoms with Crippen LogP contribution in [0.4, 0.5) is 0 Å². The number of Topliss-reactive ketones (excluding diaryl/α,β-unsaturated/α-hetero) is 1. The molecule has 1 unspecified atom stereocenters. The van der Waals surface area contributed by atoms with Crippen LogP contribution in [0, 0.1) is 5.92 Å². The van der Waals surface area contributed by atoms with Gasteiger partial charge in [-0.3, -0.25) is 9.59 Å². The zero-order valence-corrected chi connectivity index (χ0v) is 8.22. The molecule has 15 heavy (non-hydrogen) atoms. The van der Waals surface area contributed by atoms with Crippen molar-refractivity contribution in [2.24, 2.45) is 11.7 Å². The van der Waals surface area contributed by atoms with E-state index in [0.29, 0.717) is 0 Å². The highest BCUT2D eigenvalue weighted by Crippen LogP contribution is 2.05. The lowest BCUT2D eigenvalue weighted by Gasteiger charge is -2.07. The number of aliphatic carboxylic acids is 1. The number of rotatable bonds is 5. The third-order valence-electron chi connectivity index (χ3n) is 2.14. The van der Waals surface area contributed by atoms with Crippen LogP contribution in [-0.2, 0) is 16.0 Å². The van der Waals surface area contributed by atoms with Gasteiger partial charge in [0.25, 0.3) is 0 Å². The zero-order chi connectivity index (χ0) is 11.3. The van der Waals surface area contributed by atoms with Crippen LogP contribution >= 0.6 is 0 Å². The molecule has 0 aliphatic heterocycles. The molecular formula is C11H13NO3. The summed E-state index contributed by atoms with van der Waals surface area (Å²) in [5.41, 5.74) is 6.03. The Kier molecular flexibility index (Phi) is 4.00. The molecule has 0 saturated heterocycles. The second-order valence-corrected chi connectivity index (χ2v) is 3.26. The van der Waals surface area contributed by atoms with Crippen molar-refractivity contribution in [2.45, 2.75) is 6.42 Å². The number of carbonyl (C=O) groups is 2. The van der Waals surface area contributed by atoms with E-state index in [1.165, 1.54) is 0 Å². The van der Waals surface area contributed by atoms with Gasteiger partial charge in [0.15, 0.2) is 5.78 Å². The number of hydrogen-bond donors (Lipinski definition) is 2. The van der Waals surface area contributed by atoms with Gasteiger partial charge in [0.2, 0.25) is 0 Å². The van der Waals surface area contributed by atoms with Gasteiger partial charge in [0, 0.05) is 13.0 Å². The first-order valence-electron chi connectivity index (χ1n) is 4.64. The first kappa shape index (κ1) is 11.4. The van der Waals surface area contributed by atoms with E-state index in [-0.39, 0.29) is 18.7 Å². The average molecular weight is 207 g/mol. The number of ketones is 1. The molecule has 1 rings (SSSR count). The summed E-state index contributed by atoms with van der Waals surface area (Å²) >= 11 is 0. The Hall–Kier alpha value is -1.68. The van der Waals surface area contributed by atoms with E-state index in [4.69, 9.17) is 10.8 Å². The van der Waals surface area contributed by atoms with E-state index in [0.717, 1.165) is 5.56 Å². The number of benzene rings is 1. The maximum absolute atomic E-state index is 11.5. The Morgan fingerprint density at radius 3 is 2.33 bits per heavy atom. The number of nitrogens with two attached hydrogens (primary N) is 1. The Morgan fingerprint density at radius 2 is 1.87 bits per heavy atom. The van der Waals surface area contributed by atoms with Crippen LogP contribution in [0.5, 0.6) is 0 Å². The normalized spacial score (nSPS) is 12.1. The van der Waals surface area contributed by atoms with Gasteiger partial charge in [-0.1, -0.05) is 30.3 Å². The van der Waals surface area contributed by atoms with E-state index >= 15 is 0 Å². The van der Waals surface area contributed by atoms with Crippen LogP contribution in [0.3, 0.4) is 0 Å². The highest BCUT2D eigenvalue weighted by atomic mass is 16.4. The second-order valence-electron chi connectivity index (χ2n) is 3.26. The molecule has 3 N–H and O–H groups in total. The minimum Gasteiger partial charge on any atom is -0.481 e. The van der Waals surface area contributed by atoms with E-state index in [2.05, 4.69) is 0 Å². The average Bonchev–Trinajstić information content (AvgIpc) is 2.19. The standard InChI is InChI=1S/C11H13NO3/c12-7-9(11(14)15)10(13)6-8-4-2-1-3-5-8/h1-5,9H,6-7,12H2,(H,14,15). The highest BCUT2D eigenvalue weighted by Gasteiger charge is 2.23. The number of carbonyl (C=O) groups excluding carboxylic acids is 1. The van der Waals surface area contributed by atoms with E-state index in [1.54, 1.807) is 24.3 Å². The maximum atomic E-state index is 11.5. The fourth-order valence-corrected chi connectivity index (χ4v) is 1.29. The Labute approximate surface area is 87.7 Å². The quantitative estimate of drug-likeness (QED) is 0.687. The van der Waals surface area contributed by atoms with Crippen molar-refractivity contribution >= 4 is 11.8 Å². The number of hydrogen-bond acceptors (Lipinski definition) is 3. The molecule has 0 heterocycles. The van der Waals surface area contributed by atoms with Gasteiger partial charge < -0.3 is 10.8 Å². The van der Waals surface area contributed by atoms with Crippen LogP contribution in [0.25, 0.3) is 0 Å². The summed E-state index contributed by atoms with van der Waals surface area (Å²) in [4.78, 5) is 22.2. The van der Waals surface area contributed by atoms with Crippen LogP contribution < -0.4 is 5.73 Å². The molecular weight excluding hydrogens is 194 g/mol. The van der Waals surface area contributed by atoms with Crippen LogP contribution in [-0.4, -0.2) is 23.4 Å². The molecule has 0 aliphatic carbocycles. The molecule has 4 heteroatoms. The topological polar surface area (TPSA) is 80.4 Å². The SMILES string of the molecule is NCC(C(=O)O)C(=O)Cc1ccccc1. The lowest BCUT2D eigenvalue weighted by Crippen LogP contribution is -2.32. The van der Waals surface area contributed by atoms with Gasteiger partial charge in [0.05, 0.1) is 0 Å². The molecule has 0 spiro atoms. The lowest BCUT2D eigenvalue weighted by molar-refractivity contribution is -0.145. The third-order valence-corrected chi connectivity index (χ3v) is 2.14. The minimum absolute atomic E-state index is 0.120. The summed E-state index contributed by atoms with van der Waals surface area (Å²) < 4.78 is 0. The van der Waals surface area contributed by atoms with Crippen molar-refractivity contribution in [1.82, 2.24) is 0 Å². The molecule has 0 bridgehead atoms. The predicted molar refractivity (Wildman–Crippen MR) is 55.3 cm³/mol. The fourth-order valence-electron chi connectivity index (χ4n) is 1.29. The van der Waals surface area contributed by atoms with Crippen molar-refractivity contribution in [2.75, 3.05) is 6.54 Å². The molecule has 0 saturated carbocycles. The van der Waals surface area contributed by atoms with E-state index < -0.39 is 11.9 Å². The third kappa shape index (κ3) is 3.18. The van der Waals surface area contributed by atoms with Crippen molar-refractivity contribution in [1.29, 1.82) is 0 Å². The summed E-state index contributed by atoms with van der Waals surface area (Å²) in [5, 5.41) is 8.72. The maximum Gasteiger partial charge on any atom is 0.315 e. The molecule has 1 atom stereocenters. The monoisotopic (exact) mass is 207 g/mol. The van der Waals surface area contributed by atoms with Gasteiger partial charge in [-0.05, 0) is 5.56 Å². The second kappa shape index (κ2) is 5.26. The smallest absolute Gasteiger partial charge is 0.315 e. The van der Waals surface area contributed by atoms with E-state index in [1.807, 2.05) is 6.07 Å². The van der Waals surface area contributed by atoms with Gasteiger partial charge in [-0.2, -0.15) is 0 Å². The van der Waals surface area contributed by atoms with Gasteiger partial charge in [-0.15, -0.1) is 0 Å². The molecule has 4 nitrogen and oxygen atoms in total. The van der Waals surface area contributed by atoms with Gasteiger partial charge >= 0.3 is 5.97 Å². The molecule has 0 radical (unpaired) electrons. The summed E-state index contributed by atoms with van der Waals surface area (Å²) in [6.07, 6.45) is 0.120. The predicted octanol–water partition coefficient (Wildman–Crippen LogP) is 0.458. The van der Waals surface area contributed by atoms with E-state index in [9.17, 15) is 9.59 Å². The number of carboxylic acid groups (broad SMARTS) is 1. The summed E-state index contributed by atoms with van der Waals surface area (Å²) in [6.45, 7) is -0.152. The van der Waals surface area contributed by atoms with Crippen LogP contribution in [0.2, 0.25) is 0 Å². The first-order valence-corrected chi connectivity index (χ1v) is 4.64. The van der Waals surface area contributed by atoms with Crippen molar-refractivity contribution < 1.29 is 14.7 Å². The Bertz CT molecular complexity index is 348. The summed E-state index contributed by atoms with van der Waals surface area (Å²) in [6, 6.07) is 9.02. The first-order chi connectivity index (χ1) is 7.15. The summed E-state index contributed by atoms with van der Waals surface area (Å²) in [5.74, 6) is -2.60. The van der Waals surface area contributed by atoms with Crippen molar-refractivity contribution in [3.05, 3.63) is 35.9 Å². The lowest BCUT2D eigenvalue weighted by atomic mass is 9.98. The van der Waals surface area contributed by atoms with Gasteiger partial charge in [0.1, 0.15) is 5.92 Å².